The third kappa shape index (κ3) is 2.05. The van der Waals surface area contributed by atoms with Crippen LogP contribution in [0.25, 0.3) is 0 Å². The molecule has 2 N–H and O–H groups in total. The molecule has 3 nitrogen and oxygen atoms in total. The number of nitrogens with one attached hydrogen (secondary N) is 1. The summed E-state index contributed by atoms with van der Waals surface area (Å²) in [4.78, 5) is 0. The molecule has 2 saturated carbocycles. The Morgan fingerprint density at radius 3 is 2.53 bits per heavy atom. The Kier molecular flexibility index (Phi) is 2.71. The average molecular weight is 211 g/mol. The van der Waals surface area contributed by atoms with Gasteiger partial charge in [0.2, 0.25) is 0 Å². The highest BCUT2D eigenvalue weighted by molar-refractivity contribution is 4.96. The van der Waals surface area contributed by atoms with Gasteiger partial charge >= 0.3 is 0 Å². The minimum Gasteiger partial charge on any atom is -0.392 e. The second kappa shape index (κ2) is 4.04. The second-order valence-electron chi connectivity index (χ2n) is 5.34. The fourth-order valence-corrected chi connectivity index (χ4v) is 3.09. The van der Waals surface area contributed by atoms with Crippen molar-refractivity contribution in [3.63, 3.8) is 0 Å². The van der Waals surface area contributed by atoms with Crippen LogP contribution in [0.3, 0.4) is 0 Å². The van der Waals surface area contributed by atoms with E-state index in [1.54, 1.807) is 0 Å². The van der Waals surface area contributed by atoms with E-state index >= 15 is 0 Å². The Bertz CT molecular complexity index is 230. The highest BCUT2D eigenvalue weighted by Gasteiger charge is 2.42. The zero-order valence-electron chi connectivity index (χ0n) is 9.19. The van der Waals surface area contributed by atoms with Gasteiger partial charge in [-0.15, -0.1) is 0 Å². The summed E-state index contributed by atoms with van der Waals surface area (Å²) < 4.78 is 5.79. The molecule has 1 heterocycles. The van der Waals surface area contributed by atoms with Gasteiger partial charge in [0, 0.05) is 18.7 Å². The van der Waals surface area contributed by atoms with Crippen LogP contribution in [-0.4, -0.2) is 36.0 Å². The molecule has 0 radical (unpaired) electrons. The van der Waals surface area contributed by atoms with Crippen molar-refractivity contribution in [2.24, 2.45) is 5.92 Å². The van der Waals surface area contributed by atoms with E-state index in [2.05, 4.69) is 5.32 Å². The van der Waals surface area contributed by atoms with Gasteiger partial charge in [-0.25, -0.2) is 0 Å². The predicted molar refractivity (Wildman–Crippen MR) is 57.7 cm³/mol. The largest absolute Gasteiger partial charge is 0.392 e. The topological polar surface area (TPSA) is 41.5 Å². The molecule has 4 atom stereocenters. The van der Waals surface area contributed by atoms with Crippen molar-refractivity contribution in [2.75, 3.05) is 6.61 Å². The van der Waals surface area contributed by atoms with Crippen LogP contribution in [0, 0.1) is 5.92 Å². The molecule has 0 aromatic heterocycles. The molecular formula is C12H21NO2. The van der Waals surface area contributed by atoms with Crippen molar-refractivity contribution >= 4 is 0 Å². The van der Waals surface area contributed by atoms with Crippen LogP contribution in [0.4, 0.5) is 0 Å². The lowest BCUT2D eigenvalue weighted by molar-refractivity contribution is 0.0714. The van der Waals surface area contributed by atoms with Crippen LogP contribution in [0.1, 0.15) is 38.5 Å². The van der Waals surface area contributed by atoms with Crippen molar-refractivity contribution in [1.29, 1.82) is 0 Å². The quantitative estimate of drug-likeness (QED) is 0.733. The van der Waals surface area contributed by atoms with Gasteiger partial charge in [0.1, 0.15) is 0 Å². The lowest BCUT2D eigenvalue weighted by atomic mass is 10.0. The predicted octanol–water partition coefficient (Wildman–Crippen LogP) is 1.06. The van der Waals surface area contributed by atoms with E-state index in [-0.39, 0.29) is 6.10 Å². The molecule has 2 aliphatic carbocycles. The zero-order chi connectivity index (χ0) is 10.3. The highest BCUT2D eigenvalue weighted by atomic mass is 16.5. The molecule has 2 unspecified atom stereocenters. The number of hydrogen-bond acceptors (Lipinski definition) is 3. The van der Waals surface area contributed by atoms with Gasteiger partial charge in [-0.05, 0) is 44.4 Å². The number of hydrogen-bond donors (Lipinski definition) is 2. The van der Waals surface area contributed by atoms with Crippen LogP contribution in [-0.2, 0) is 4.74 Å². The van der Waals surface area contributed by atoms with E-state index in [9.17, 15) is 5.11 Å². The summed E-state index contributed by atoms with van der Waals surface area (Å²) in [6.07, 6.45) is 7.41. The lowest BCUT2D eigenvalue weighted by Gasteiger charge is -2.25. The minimum absolute atomic E-state index is 0.120. The second-order valence-corrected chi connectivity index (χ2v) is 5.34. The molecule has 0 aromatic rings. The van der Waals surface area contributed by atoms with E-state index in [1.807, 2.05) is 0 Å². The summed E-state index contributed by atoms with van der Waals surface area (Å²) in [5.41, 5.74) is 0. The standard InChI is InChI=1S/C12H21NO2/c14-11-3-1-2-9(11)13-10-6-7-15-12(10)8-4-5-8/h8-14H,1-7H2/t9-,10?,11-,12?/m0/s1. The van der Waals surface area contributed by atoms with Crippen LogP contribution in [0.2, 0.25) is 0 Å². The van der Waals surface area contributed by atoms with E-state index in [4.69, 9.17) is 4.74 Å². The van der Waals surface area contributed by atoms with E-state index < -0.39 is 0 Å². The van der Waals surface area contributed by atoms with Crippen molar-refractivity contribution < 1.29 is 9.84 Å². The van der Waals surface area contributed by atoms with Crippen molar-refractivity contribution in [2.45, 2.75) is 62.8 Å². The van der Waals surface area contributed by atoms with Gasteiger partial charge in [-0.1, -0.05) is 0 Å². The summed E-state index contributed by atoms with van der Waals surface area (Å²) in [7, 11) is 0. The third-order valence-electron chi connectivity index (χ3n) is 4.13. The maximum absolute atomic E-state index is 9.79. The van der Waals surface area contributed by atoms with Gasteiger partial charge < -0.3 is 15.2 Å². The van der Waals surface area contributed by atoms with Crippen molar-refractivity contribution in [3.05, 3.63) is 0 Å². The first-order chi connectivity index (χ1) is 7.34. The van der Waals surface area contributed by atoms with Crippen LogP contribution in [0.5, 0.6) is 0 Å². The Morgan fingerprint density at radius 2 is 1.87 bits per heavy atom. The van der Waals surface area contributed by atoms with Gasteiger partial charge in [-0.2, -0.15) is 0 Å². The Morgan fingerprint density at radius 1 is 1.00 bits per heavy atom. The SMILES string of the molecule is O[C@H]1CCC[C@@H]1NC1CCOC1C1CC1. The first-order valence-corrected chi connectivity index (χ1v) is 6.40. The number of ether oxygens (including phenoxy) is 1. The highest BCUT2D eigenvalue weighted by Crippen LogP contribution is 2.39. The molecular weight excluding hydrogens is 190 g/mol. The Labute approximate surface area is 91.2 Å². The molecule has 0 bridgehead atoms. The summed E-state index contributed by atoms with van der Waals surface area (Å²) >= 11 is 0. The van der Waals surface area contributed by atoms with E-state index in [0.717, 1.165) is 31.8 Å². The fourth-order valence-electron chi connectivity index (χ4n) is 3.09. The lowest BCUT2D eigenvalue weighted by Crippen LogP contribution is -2.46. The van der Waals surface area contributed by atoms with Gasteiger partial charge in [-0.3, -0.25) is 0 Å². The number of rotatable bonds is 3. The molecule has 3 rings (SSSR count). The third-order valence-corrected chi connectivity index (χ3v) is 4.13. The Balaban J connectivity index is 1.56. The molecule has 86 valence electrons. The summed E-state index contributed by atoms with van der Waals surface area (Å²) in [5, 5.41) is 13.4. The maximum Gasteiger partial charge on any atom is 0.0757 e. The normalized spacial score (nSPS) is 46.2. The molecule has 0 amide bonds. The van der Waals surface area contributed by atoms with Gasteiger partial charge in [0.15, 0.2) is 0 Å². The Hall–Kier alpha value is -0.120. The van der Waals surface area contributed by atoms with Crippen molar-refractivity contribution in [1.82, 2.24) is 5.32 Å². The molecule has 1 saturated heterocycles. The molecule has 1 aliphatic heterocycles. The smallest absolute Gasteiger partial charge is 0.0757 e. The minimum atomic E-state index is -0.120. The van der Waals surface area contributed by atoms with Crippen LogP contribution in [0.15, 0.2) is 0 Å². The number of aliphatic hydroxyl groups excluding tert-OH is 1. The molecule has 3 heteroatoms. The summed E-state index contributed by atoms with van der Waals surface area (Å²) in [6, 6.07) is 0.841. The molecule has 15 heavy (non-hydrogen) atoms. The molecule has 0 aromatic carbocycles. The molecule has 3 aliphatic rings. The first kappa shape index (κ1) is 10.1. The monoisotopic (exact) mass is 211 g/mol. The van der Waals surface area contributed by atoms with E-state index in [1.165, 1.54) is 19.3 Å². The van der Waals surface area contributed by atoms with E-state index in [0.29, 0.717) is 18.2 Å². The van der Waals surface area contributed by atoms with Gasteiger partial charge in [0.05, 0.1) is 12.2 Å². The number of aliphatic hydroxyl groups is 1. The summed E-state index contributed by atoms with van der Waals surface area (Å²) in [6.45, 7) is 0.904. The molecule has 0 spiro atoms. The fraction of sp³-hybridized carbons (Fsp3) is 1.00. The van der Waals surface area contributed by atoms with Crippen molar-refractivity contribution in [3.8, 4) is 0 Å². The van der Waals surface area contributed by atoms with Crippen LogP contribution < -0.4 is 5.32 Å². The van der Waals surface area contributed by atoms with Crippen LogP contribution >= 0.6 is 0 Å². The maximum atomic E-state index is 9.79. The average Bonchev–Trinajstić information content (AvgIpc) is 2.85. The molecule has 3 fully saturated rings. The summed E-state index contributed by atoms with van der Waals surface area (Å²) in [5.74, 6) is 0.809. The zero-order valence-corrected chi connectivity index (χ0v) is 9.19. The first-order valence-electron chi connectivity index (χ1n) is 6.40. The van der Waals surface area contributed by atoms with Gasteiger partial charge in [0.25, 0.3) is 0 Å².